The van der Waals surface area contributed by atoms with Gasteiger partial charge in [0, 0.05) is 25.3 Å². The molecule has 2 rings (SSSR count). The Morgan fingerprint density at radius 2 is 2.28 bits per heavy atom. The number of hydrogen-bond acceptors (Lipinski definition) is 3. The average molecular weight is 268 g/mol. The number of anilines is 1. The van der Waals surface area contributed by atoms with Crippen molar-refractivity contribution in [3.05, 3.63) is 28.8 Å². The number of hydrogen-bond donors (Lipinski definition) is 2. The van der Waals surface area contributed by atoms with Crippen LogP contribution >= 0.6 is 11.6 Å². The van der Waals surface area contributed by atoms with Crippen LogP contribution in [0.1, 0.15) is 23.7 Å². The third-order valence-electron chi connectivity index (χ3n) is 3.21. The van der Waals surface area contributed by atoms with Gasteiger partial charge in [0.15, 0.2) is 0 Å². The molecule has 1 saturated heterocycles. The van der Waals surface area contributed by atoms with Crippen LogP contribution in [0.15, 0.2) is 18.2 Å². The van der Waals surface area contributed by atoms with Crippen molar-refractivity contribution in [1.82, 2.24) is 5.32 Å². The molecule has 0 unspecified atom stereocenters. The fourth-order valence-corrected chi connectivity index (χ4v) is 2.41. The molecule has 0 bridgehead atoms. The average Bonchev–Trinajstić information content (AvgIpc) is 2.25. The molecule has 5 heteroatoms. The Labute approximate surface area is 112 Å². The van der Waals surface area contributed by atoms with Gasteiger partial charge in [-0.25, -0.2) is 0 Å². The number of amides is 1. The van der Waals surface area contributed by atoms with E-state index in [-0.39, 0.29) is 0 Å². The van der Waals surface area contributed by atoms with Gasteiger partial charge in [-0.1, -0.05) is 18.5 Å². The molecule has 1 aromatic rings. The minimum absolute atomic E-state index is 0.378. The molecule has 1 amide bonds. The number of nitrogens with two attached hydrogens (primary N) is 1. The first kappa shape index (κ1) is 13.2. The van der Waals surface area contributed by atoms with Crippen LogP contribution < -0.4 is 16.0 Å². The molecule has 0 saturated carbocycles. The summed E-state index contributed by atoms with van der Waals surface area (Å²) in [5.74, 6) is -0.487. The number of halogens is 1. The van der Waals surface area contributed by atoms with E-state index >= 15 is 0 Å². The van der Waals surface area contributed by atoms with E-state index < -0.39 is 5.91 Å². The van der Waals surface area contributed by atoms with Crippen LogP contribution in [0.25, 0.3) is 0 Å². The van der Waals surface area contributed by atoms with Gasteiger partial charge in [-0.05, 0) is 24.6 Å². The summed E-state index contributed by atoms with van der Waals surface area (Å²) in [6.45, 7) is 5.13. The summed E-state index contributed by atoms with van der Waals surface area (Å²) < 4.78 is 0. The number of benzene rings is 1. The van der Waals surface area contributed by atoms with E-state index in [1.807, 2.05) is 12.1 Å². The molecule has 1 aromatic carbocycles. The van der Waals surface area contributed by atoms with Crippen LogP contribution in [0, 0.1) is 0 Å². The number of nitrogens with zero attached hydrogens (tertiary/aromatic N) is 1. The molecule has 0 spiro atoms. The van der Waals surface area contributed by atoms with E-state index in [4.69, 9.17) is 17.3 Å². The van der Waals surface area contributed by atoms with Gasteiger partial charge in [-0.3, -0.25) is 4.79 Å². The highest BCUT2D eigenvalue weighted by Gasteiger charge is 2.24. The summed E-state index contributed by atoms with van der Waals surface area (Å²) in [5.41, 5.74) is 6.68. The van der Waals surface area contributed by atoms with E-state index in [0.29, 0.717) is 16.6 Å². The number of nitrogens with one attached hydrogen (secondary N) is 1. The van der Waals surface area contributed by atoms with Gasteiger partial charge in [0.05, 0.1) is 16.6 Å². The number of carbonyl (C=O) groups excluding carboxylic acids is 1. The minimum Gasteiger partial charge on any atom is -0.366 e. The highest BCUT2D eigenvalue weighted by atomic mass is 35.5. The van der Waals surface area contributed by atoms with Crippen LogP contribution in [-0.2, 0) is 0 Å². The Bertz CT molecular complexity index is 446. The summed E-state index contributed by atoms with van der Waals surface area (Å²) in [5, 5.41) is 3.69. The molecule has 1 aliphatic heterocycles. The molecule has 0 aromatic heterocycles. The lowest BCUT2D eigenvalue weighted by Gasteiger charge is -2.40. The first-order valence-electron chi connectivity index (χ1n) is 6.20. The second-order valence-corrected chi connectivity index (χ2v) is 4.94. The lowest BCUT2D eigenvalue weighted by atomic mass is 10.1. The topological polar surface area (TPSA) is 58.4 Å². The van der Waals surface area contributed by atoms with Crippen LogP contribution in [0.4, 0.5) is 5.69 Å². The van der Waals surface area contributed by atoms with E-state index in [2.05, 4.69) is 17.1 Å². The van der Waals surface area contributed by atoms with Crippen molar-refractivity contribution in [2.24, 2.45) is 5.73 Å². The zero-order valence-electron chi connectivity index (χ0n) is 10.4. The number of primary amides is 1. The molecule has 18 heavy (non-hydrogen) atoms. The normalized spacial score (nSPS) is 15.2. The Balaban J connectivity index is 2.24. The van der Waals surface area contributed by atoms with Crippen molar-refractivity contribution in [2.75, 3.05) is 24.5 Å². The van der Waals surface area contributed by atoms with Crippen molar-refractivity contribution in [1.29, 1.82) is 0 Å². The minimum atomic E-state index is -0.487. The van der Waals surface area contributed by atoms with E-state index in [0.717, 1.165) is 31.7 Å². The maximum atomic E-state index is 11.1. The van der Waals surface area contributed by atoms with Crippen molar-refractivity contribution >= 4 is 23.2 Å². The zero-order chi connectivity index (χ0) is 13.1. The van der Waals surface area contributed by atoms with Gasteiger partial charge in [0.1, 0.15) is 0 Å². The molecule has 0 atom stereocenters. The number of carbonyl (C=O) groups is 1. The third kappa shape index (κ3) is 2.60. The van der Waals surface area contributed by atoms with E-state index in [9.17, 15) is 4.79 Å². The fraction of sp³-hybridized carbons (Fsp3) is 0.462. The SMILES string of the molecule is CCCN(c1ccc(C(N)=O)c(Cl)c1)C1CNC1. The summed E-state index contributed by atoms with van der Waals surface area (Å²) >= 11 is 6.09. The smallest absolute Gasteiger partial charge is 0.250 e. The Morgan fingerprint density at radius 1 is 1.56 bits per heavy atom. The molecule has 98 valence electrons. The largest absolute Gasteiger partial charge is 0.366 e. The monoisotopic (exact) mass is 267 g/mol. The summed E-state index contributed by atoms with van der Waals surface area (Å²) in [6, 6.07) is 5.96. The molecule has 1 heterocycles. The first-order valence-corrected chi connectivity index (χ1v) is 6.58. The molecule has 1 fully saturated rings. The van der Waals surface area contributed by atoms with Crippen molar-refractivity contribution in [3.63, 3.8) is 0 Å². The molecule has 1 aliphatic rings. The molecule has 0 radical (unpaired) electrons. The predicted molar refractivity (Wildman–Crippen MR) is 74.3 cm³/mol. The lowest BCUT2D eigenvalue weighted by molar-refractivity contribution is 0.100. The standard InChI is InChI=1S/C13H18ClN3O/c1-2-5-17(10-7-16-8-10)9-3-4-11(13(15)18)12(14)6-9/h3-4,6,10,16H,2,5,7-8H2,1H3,(H2,15,18). The number of rotatable bonds is 5. The zero-order valence-corrected chi connectivity index (χ0v) is 11.2. The quantitative estimate of drug-likeness (QED) is 0.853. The lowest BCUT2D eigenvalue weighted by Crippen LogP contribution is -2.57. The van der Waals surface area contributed by atoms with Gasteiger partial charge < -0.3 is 16.0 Å². The van der Waals surface area contributed by atoms with Gasteiger partial charge in [-0.2, -0.15) is 0 Å². The van der Waals surface area contributed by atoms with Gasteiger partial charge in [-0.15, -0.1) is 0 Å². The molecule has 4 nitrogen and oxygen atoms in total. The molecule has 3 N–H and O–H groups in total. The Morgan fingerprint density at radius 3 is 2.72 bits per heavy atom. The van der Waals surface area contributed by atoms with Gasteiger partial charge >= 0.3 is 0 Å². The summed E-state index contributed by atoms with van der Waals surface area (Å²) in [6.07, 6.45) is 1.08. The maximum Gasteiger partial charge on any atom is 0.250 e. The second kappa shape index (κ2) is 5.59. The molecule has 0 aliphatic carbocycles. The van der Waals surface area contributed by atoms with Crippen LogP contribution in [0.3, 0.4) is 0 Å². The van der Waals surface area contributed by atoms with Crippen molar-refractivity contribution in [2.45, 2.75) is 19.4 Å². The van der Waals surface area contributed by atoms with Gasteiger partial charge in [0.2, 0.25) is 5.91 Å². The summed E-state index contributed by atoms with van der Waals surface area (Å²) in [7, 11) is 0. The fourth-order valence-electron chi connectivity index (χ4n) is 2.14. The van der Waals surface area contributed by atoms with Crippen LogP contribution in [0.5, 0.6) is 0 Å². The molecular weight excluding hydrogens is 250 g/mol. The second-order valence-electron chi connectivity index (χ2n) is 4.53. The maximum absolute atomic E-state index is 11.1. The van der Waals surface area contributed by atoms with Crippen LogP contribution in [0.2, 0.25) is 5.02 Å². The Kier molecular flexibility index (Phi) is 4.09. The highest BCUT2D eigenvalue weighted by Crippen LogP contribution is 2.26. The van der Waals surface area contributed by atoms with Crippen LogP contribution in [-0.4, -0.2) is 31.6 Å². The molecular formula is C13H18ClN3O. The van der Waals surface area contributed by atoms with Crippen molar-refractivity contribution in [3.8, 4) is 0 Å². The van der Waals surface area contributed by atoms with E-state index in [1.54, 1.807) is 6.07 Å². The first-order chi connectivity index (χ1) is 8.63. The van der Waals surface area contributed by atoms with E-state index in [1.165, 1.54) is 0 Å². The third-order valence-corrected chi connectivity index (χ3v) is 3.53. The highest BCUT2D eigenvalue weighted by molar-refractivity contribution is 6.34. The Hall–Kier alpha value is -1.26. The summed E-state index contributed by atoms with van der Waals surface area (Å²) in [4.78, 5) is 13.5. The van der Waals surface area contributed by atoms with Crippen molar-refractivity contribution < 1.29 is 4.79 Å². The van der Waals surface area contributed by atoms with Gasteiger partial charge in [0.25, 0.3) is 0 Å². The predicted octanol–water partition coefficient (Wildman–Crippen LogP) is 1.63.